The van der Waals surface area contributed by atoms with Crippen molar-refractivity contribution in [2.24, 2.45) is 11.6 Å². The molecule has 1 amide bonds. The third kappa shape index (κ3) is 6.74. The van der Waals surface area contributed by atoms with Gasteiger partial charge in [0.1, 0.15) is 6.04 Å². The Balaban J connectivity index is 3.90. The van der Waals surface area contributed by atoms with Crippen molar-refractivity contribution in [3.8, 4) is 0 Å². The largest absolute Gasteiger partial charge is 0.480 e. The summed E-state index contributed by atoms with van der Waals surface area (Å²) in [6.45, 7) is 0.103. The van der Waals surface area contributed by atoms with E-state index in [9.17, 15) is 14.4 Å². The molecule has 0 radical (unpaired) electrons. The molecule has 0 aromatic heterocycles. The fraction of sp³-hybridized carbons (Fsp3) is 0.625. The third-order valence-electron chi connectivity index (χ3n) is 1.83. The zero-order valence-electron chi connectivity index (χ0n) is 8.64. The summed E-state index contributed by atoms with van der Waals surface area (Å²) in [5.41, 5.74) is 4.89. The van der Waals surface area contributed by atoms with Crippen molar-refractivity contribution in [3.63, 3.8) is 0 Å². The first-order chi connectivity index (χ1) is 7.47. The average Bonchev–Trinajstić information content (AvgIpc) is 2.21. The van der Waals surface area contributed by atoms with Gasteiger partial charge in [0.05, 0.1) is 6.42 Å². The van der Waals surface area contributed by atoms with Crippen LogP contribution in [0.4, 0.5) is 0 Å². The summed E-state index contributed by atoms with van der Waals surface area (Å²) in [6, 6.07) is -0.918. The van der Waals surface area contributed by atoms with E-state index < -0.39 is 23.9 Å². The summed E-state index contributed by atoms with van der Waals surface area (Å²) >= 11 is 0. The van der Waals surface area contributed by atoms with Crippen LogP contribution < -0.4 is 16.9 Å². The van der Waals surface area contributed by atoms with Gasteiger partial charge in [0.15, 0.2) is 0 Å². The van der Waals surface area contributed by atoms with E-state index in [0.717, 1.165) is 0 Å². The highest BCUT2D eigenvalue weighted by atomic mass is 16.7. The maximum Gasteiger partial charge on any atom is 0.325 e. The maximum atomic E-state index is 10.7. The van der Waals surface area contributed by atoms with Gasteiger partial charge in [0, 0.05) is 13.0 Å². The van der Waals surface area contributed by atoms with E-state index >= 15 is 0 Å². The minimum atomic E-state index is -1.11. The van der Waals surface area contributed by atoms with Gasteiger partial charge in [-0.25, -0.2) is 0 Å². The molecule has 0 rings (SSSR count). The molecule has 0 heterocycles. The molecule has 0 spiro atoms. The number of carboxylic acids is 1. The molecular weight excluding hydrogens is 218 g/mol. The van der Waals surface area contributed by atoms with Crippen molar-refractivity contribution in [3.05, 3.63) is 0 Å². The molecule has 92 valence electrons. The lowest BCUT2D eigenvalue weighted by Gasteiger charge is -2.12. The van der Waals surface area contributed by atoms with Gasteiger partial charge in [-0.3, -0.25) is 14.4 Å². The number of amides is 1. The molecule has 8 heteroatoms. The normalized spacial score (nSPS) is 11.8. The van der Waals surface area contributed by atoms with Crippen LogP contribution in [-0.2, 0) is 19.2 Å². The predicted molar refractivity (Wildman–Crippen MR) is 52.8 cm³/mol. The lowest BCUT2D eigenvalue weighted by molar-refractivity contribution is -0.145. The maximum absolute atomic E-state index is 10.7. The first-order valence-electron chi connectivity index (χ1n) is 4.61. The van der Waals surface area contributed by atoms with Gasteiger partial charge in [-0.15, -0.1) is 0 Å². The minimum absolute atomic E-state index is 0.0364. The Morgan fingerprint density at radius 3 is 2.38 bits per heavy atom. The van der Waals surface area contributed by atoms with Crippen LogP contribution in [0.2, 0.25) is 0 Å². The van der Waals surface area contributed by atoms with Crippen molar-refractivity contribution in [2.75, 3.05) is 6.54 Å². The summed E-state index contributed by atoms with van der Waals surface area (Å²) in [6.07, 6.45) is -0.00943. The van der Waals surface area contributed by atoms with Crippen molar-refractivity contribution >= 4 is 17.8 Å². The first kappa shape index (κ1) is 14.3. The monoisotopic (exact) mass is 233 g/mol. The molecule has 0 unspecified atom stereocenters. The second-order valence-electron chi connectivity index (χ2n) is 3.09. The molecule has 1 atom stereocenters. The standard InChI is InChI=1S/C8H15N3O5/c9-6(12)2-1-5(8(14)15)11-4-3-7(13)16-10/h5,11H,1-4,10H2,(H2,9,12)(H,14,15)/t5-/m0/s1. The van der Waals surface area contributed by atoms with Crippen molar-refractivity contribution < 1.29 is 24.3 Å². The number of nitrogens with one attached hydrogen (secondary N) is 1. The van der Waals surface area contributed by atoms with Gasteiger partial charge in [-0.05, 0) is 6.42 Å². The Labute approximate surface area is 91.9 Å². The summed E-state index contributed by atoms with van der Waals surface area (Å²) in [5.74, 6) is 2.26. The molecule has 0 bridgehead atoms. The fourth-order valence-electron chi connectivity index (χ4n) is 1.01. The SMILES string of the molecule is NOC(=O)CCN[C@@H](CCC(N)=O)C(=O)O. The van der Waals surface area contributed by atoms with Gasteiger partial charge in [-0.1, -0.05) is 0 Å². The van der Waals surface area contributed by atoms with Crippen LogP contribution in [0, 0.1) is 0 Å². The molecular formula is C8H15N3O5. The van der Waals surface area contributed by atoms with Gasteiger partial charge < -0.3 is 21.0 Å². The molecule has 0 aromatic rings. The summed E-state index contributed by atoms with van der Waals surface area (Å²) in [4.78, 5) is 35.7. The second kappa shape index (κ2) is 7.60. The van der Waals surface area contributed by atoms with E-state index in [1.807, 2.05) is 0 Å². The van der Waals surface area contributed by atoms with E-state index in [1.165, 1.54) is 0 Å². The number of carbonyl (C=O) groups is 3. The zero-order valence-corrected chi connectivity index (χ0v) is 8.64. The first-order valence-corrected chi connectivity index (χ1v) is 4.61. The molecule has 0 aliphatic carbocycles. The highest BCUT2D eigenvalue weighted by molar-refractivity contribution is 5.77. The number of nitrogens with two attached hydrogens (primary N) is 2. The van der Waals surface area contributed by atoms with Crippen LogP contribution >= 0.6 is 0 Å². The number of carbonyl (C=O) groups excluding carboxylic acids is 2. The van der Waals surface area contributed by atoms with E-state index in [0.29, 0.717) is 0 Å². The lowest BCUT2D eigenvalue weighted by Crippen LogP contribution is -2.38. The highest BCUT2D eigenvalue weighted by Gasteiger charge is 2.17. The summed E-state index contributed by atoms with van der Waals surface area (Å²) in [5, 5.41) is 11.3. The number of carboxylic acid groups (broad SMARTS) is 1. The molecule has 0 fully saturated rings. The zero-order chi connectivity index (χ0) is 12.6. The molecule has 0 aliphatic rings. The number of hydrogen-bond acceptors (Lipinski definition) is 6. The van der Waals surface area contributed by atoms with Crippen molar-refractivity contribution in [2.45, 2.75) is 25.3 Å². The molecule has 16 heavy (non-hydrogen) atoms. The van der Waals surface area contributed by atoms with Gasteiger partial charge in [-0.2, -0.15) is 5.90 Å². The molecule has 0 saturated carbocycles. The smallest absolute Gasteiger partial charge is 0.325 e. The van der Waals surface area contributed by atoms with Gasteiger partial charge >= 0.3 is 11.9 Å². The van der Waals surface area contributed by atoms with Crippen molar-refractivity contribution in [1.82, 2.24) is 5.32 Å². The number of rotatable bonds is 8. The van der Waals surface area contributed by atoms with Crippen molar-refractivity contribution in [1.29, 1.82) is 0 Å². The van der Waals surface area contributed by atoms with E-state index in [2.05, 4.69) is 16.1 Å². The third-order valence-corrected chi connectivity index (χ3v) is 1.83. The average molecular weight is 233 g/mol. The van der Waals surface area contributed by atoms with Crippen LogP contribution in [0.15, 0.2) is 0 Å². The second-order valence-corrected chi connectivity index (χ2v) is 3.09. The van der Waals surface area contributed by atoms with Gasteiger partial charge in [0.2, 0.25) is 5.91 Å². The van der Waals surface area contributed by atoms with Crippen LogP contribution in [0.1, 0.15) is 19.3 Å². The number of aliphatic carboxylic acids is 1. The van der Waals surface area contributed by atoms with E-state index in [-0.39, 0.29) is 25.8 Å². The highest BCUT2D eigenvalue weighted by Crippen LogP contribution is 1.97. The van der Waals surface area contributed by atoms with Crippen LogP contribution in [0.3, 0.4) is 0 Å². The molecule has 0 saturated heterocycles. The molecule has 8 nitrogen and oxygen atoms in total. The number of primary amides is 1. The Bertz CT molecular complexity index is 268. The molecule has 0 aliphatic heterocycles. The fourth-order valence-corrected chi connectivity index (χ4v) is 1.01. The molecule has 6 N–H and O–H groups in total. The quantitative estimate of drug-likeness (QED) is 0.358. The topological polar surface area (TPSA) is 145 Å². The molecule has 0 aromatic carbocycles. The Morgan fingerprint density at radius 2 is 1.94 bits per heavy atom. The summed E-state index contributed by atoms with van der Waals surface area (Å²) < 4.78 is 0. The Hall–Kier alpha value is -1.67. The van der Waals surface area contributed by atoms with E-state index in [1.54, 1.807) is 0 Å². The number of hydrogen-bond donors (Lipinski definition) is 4. The van der Waals surface area contributed by atoms with Crippen LogP contribution in [0.25, 0.3) is 0 Å². The van der Waals surface area contributed by atoms with Gasteiger partial charge in [0.25, 0.3) is 0 Å². The van der Waals surface area contributed by atoms with Crippen LogP contribution in [0.5, 0.6) is 0 Å². The van der Waals surface area contributed by atoms with Crippen LogP contribution in [-0.4, -0.2) is 35.5 Å². The predicted octanol–water partition coefficient (Wildman–Crippen LogP) is -1.90. The Kier molecular flexibility index (Phi) is 6.81. The summed E-state index contributed by atoms with van der Waals surface area (Å²) in [7, 11) is 0. The lowest BCUT2D eigenvalue weighted by atomic mass is 10.1. The minimum Gasteiger partial charge on any atom is -0.480 e. The Morgan fingerprint density at radius 1 is 1.31 bits per heavy atom. The van der Waals surface area contributed by atoms with E-state index in [4.69, 9.17) is 10.8 Å².